The number of ether oxygens (including phenoxy) is 1. The van der Waals surface area contributed by atoms with E-state index in [1.807, 2.05) is 0 Å². The van der Waals surface area contributed by atoms with Gasteiger partial charge in [-0.3, -0.25) is 4.79 Å². The Morgan fingerprint density at radius 1 is 1.11 bits per heavy atom. The zero-order valence-corrected chi connectivity index (χ0v) is 11.7. The third kappa shape index (κ3) is 3.32. The average molecular weight is 274 g/mol. The van der Waals surface area contributed by atoms with Crippen LogP contribution in [0.2, 0.25) is 0 Å². The van der Waals surface area contributed by atoms with E-state index in [1.54, 1.807) is 0 Å². The first kappa shape index (κ1) is 14.0. The summed E-state index contributed by atoms with van der Waals surface area (Å²) in [6, 6.07) is 0. The Hall–Kier alpha value is -0.420. The van der Waals surface area contributed by atoms with E-state index < -0.39 is 9.84 Å². The van der Waals surface area contributed by atoms with Crippen molar-refractivity contribution in [1.29, 1.82) is 0 Å². The van der Waals surface area contributed by atoms with Crippen LogP contribution in [-0.2, 0) is 19.4 Å². The predicted octanol–water partition coefficient (Wildman–Crippen LogP) is 1.59. The Morgan fingerprint density at radius 2 is 1.83 bits per heavy atom. The lowest BCUT2D eigenvalue weighted by molar-refractivity contribution is -0.131. The predicted molar refractivity (Wildman–Crippen MR) is 69.1 cm³/mol. The topological polar surface area (TPSA) is 60.4 Å². The summed E-state index contributed by atoms with van der Waals surface area (Å²) in [5, 5.41) is -0.315. The van der Waals surface area contributed by atoms with Gasteiger partial charge in [0.1, 0.15) is 15.6 Å². The van der Waals surface area contributed by atoms with Crippen LogP contribution in [0.3, 0.4) is 0 Å². The molecule has 0 aromatic rings. The van der Waals surface area contributed by atoms with Crippen molar-refractivity contribution in [2.45, 2.75) is 43.8 Å². The fraction of sp³-hybridized carbons (Fsp3) is 0.923. The van der Waals surface area contributed by atoms with Crippen molar-refractivity contribution in [3.8, 4) is 0 Å². The second-order valence-corrected chi connectivity index (χ2v) is 7.96. The van der Waals surface area contributed by atoms with Gasteiger partial charge in [0.05, 0.1) is 11.9 Å². The monoisotopic (exact) mass is 274 g/mol. The molecule has 1 aliphatic carbocycles. The van der Waals surface area contributed by atoms with Gasteiger partial charge in [-0.05, 0) is 32.1 Å². The molecule has 0 spiro atoms. The zero-order valence-electron chi connectivity index (χ0n) is 10.9. The molecule has 104 valence electrons. The Bertz CT molecular complexity index is 395. The summed E-state index contributed by atoms with van der Waals surface area (Å²) in [5.41, 5.74) is 0. The second-order valence-electron chi connectivity index (χ2n) is 5.63. The minimum absolute atomic E-state index is 0.00191. The lowest BCUT2D eigenvalue weighted by Gasteiger charge is -2.30. The Labute approximate surface area is 109 Å². The summed E-state index contributed by atoms with van der Waals surface area (Å²) >= 11 is 0. The molecule has 18 heavy (non-hydrogen) atoms. The molecule has 2 aliphatic rings. The number of carbonyl (C=O) groups excluding carboxylic acids is 1. The molecule has 0 bridgehead atoms. The van der Waals surface area contributed by atoms with Crippen molar-refractivity contribution in [2.24, 2.45) is 11.8 Å². The van der Waals surface area contributed by atoms with Gasteiger partial charge in [0.25, 0.3) is 0 Å². The fourth-order valence-corrected chi connectivity index (χ4v) is 4.27. The van der Waals surface area contributed by atoms with Crippen LogP contribution < -0.4 is 0 Å². The highest BCUT2D eigenvalue weighted by molar-refractivity contribution is 7.91. The molecule has 0 amide bonds. The number of sulfone groups is 1. The van der Waals surface area contributed by atoms with Crippen molar-refractivity contribution in [1.82, 2.24) is 0 Å². The molecule has 3 atom stereocenters. The van der Waals surface area contributed by atoms with E-state index in [9.17, 15) is 13.2 Å². The molecule has 2 rings (SSSR count). The summed E-state index contributed by atoms with van der Waals surface area (Å²) < 4.78 is 28.5. The third-order valence-electron chi connectivity index (χ3n) is 4.20. The fourth-order valence-electron chi connectivity index (χ4n) is 3.09. The first-order chi connectivity index (χ1) is 8.48. The van der Waals surface area contributed by atoms with Crippen LogP contribution in [0.25, 0.3) is 0 Å². The lowest BCUT2D eigenvalue weighted by Crippen LogP contribution is -2.36. The number of hydrogen-bond acceptors (Lipinski definition) is 4. The molecule has 1 saturated heterocycles. The summed E-state index contributed by atoms with van der Waals surface area (Å²) in [7, 11) is -3.01. The van der Waals surface area contributed by atoms with Gasteiger partial charge in [-0.15, -0.1) is 0 Å². The van der Waals surface area contributed by atoms with Gasteiger partial charge in [-0.1, -0.05) is 6.42 Å². The number of rotatable bonds is 3. The molecule has 3 unspecified atom stereocenters. The maximum absolute atomic E-state index is 12.4. The Kier molecular flexibility index (Phi) is 4.43. The minimum Gasteiger partial charge on any atom is -0.381 e. The SMILES string of the molecule is CS(=O)(=O)C1CCCC(C(=O)C2CCCOC2)C1. The van der Waals surface area contributed by atoms with Crippen molar-refractivity contribution in [2.75, 3.05) is 19.5 Å². The summed E-state index contributed by atoms with van der Waals surface area (Å²) in [6.45, 7) is 1.28. The van der Waals surface area contributed by atoms with Crippen LogP contribution in [0.4, 0.5) is 0 Å². The minimum atomic E-state index is -3.01. The van der Waals surface area contributed by atoms with Crippen molar-refractivity contribution >= 4 is 15.6 Å². The van der Waals surface area contributed by atoms with E-state index in [0.717, 1.165) is 32.3 Å². The summed E-state index contributed by atoms with van der Waals surface area (Å²) in [5.74, 6) is 0.176. The Balaban J connectivity index is 1.97. The molecule has 0 aromatic heterocycles. The van der Waals surface area contributed by atoms with Gasteiger partial charge >= 0.3 is 0 Å². The van der Waals surface area contributed by atoms with Gasteiger partial charge in [-0.2, -0.15) is 0 Å². The highest BCUT2D eigenvalue weighted by atomic mass is 32.2. The highest BCUT2D eigenvalue weighted by Gasteiger charge is 2.35. The average Bonchev–Trinajstić information content (AvgIpc) is 2.38. The Morgan fingerprint density at radius 3 is 2.44 bits per heavy atom. The molecule has 0 N–H and O–H groups in total. The van der Waals surface area contributed by atoms with Gasteiger partial charge in [0.15, 0.2) is 0 Å². The second kappa shape index (κ2) is 5.70. The van der Waals surface area contributed by atoms with E-state index >= 15 is 0 Å². The third-order valence-corrected chi connectivity index (χ3v) is 5.84. The van der Waals surface area contributed by atoms with E-state index in [0.29, 0.717) is 19.4 Å². The molecule has 1 heterocycles. The van der Waals surface area contributed by atoms with Gasteiger partial charge in [0, 0.05) is 24.7 Å². The highest BCUT2D eigenvalue weighted by Crippen LogP contribution is 2.32. The summed E-state index contributed by atoms with van der Waals surface area (Å²) in [4.78, 5) is 12.4. The first-order valence-corrected chi connectivity index (χ1v) is 8.74. The molecular formula is C13H22O4S. The van der Waals surface area contributed by atoms with Gasteiger partial charge in [0.2, 0.25) is 0 Å². The van der Waals surface area contributed by atoms with Crippen LogP contribution in [-0.4, -0.2) is 38.9 Å². The van der Waals surface area contributed by atoms with Crippen LogP contribution in [0, 0.1) is 11.8 Å². The maximum Gasteiger partial charge on any atom is 0.150 e. The number of hydrogen-bond donors (Lipinski definition) is 0. The molecule has 5 heteroatoms. The van der Waals surface area contributed by atoms with Crippen molar-refractivity contribution < 1.29 is 17.9 Å². The first-order valence-electron chi connectivity index (χ1n) is 6.79. The largest absolute Gasteiger partial charge is 0.381 e. The van der Waals surface area contributed by atoms with Gasteiger partial charge in [-0.25, -0.2) is 8.42 Å². The van der Waals surface area contributed by atoms with E-state index in [1.165, 1.54) is 6.26 Å². The molecule has 1 aliphatic heterocycles. The molecule has 4 nitrogen and oxygen atoms in total. The van der Waals surface area contributed by atoms with Crippen LogP contribution in [0.1, 0.15) is 38.5 Å². The van der Waals surface area contributed by atoms with E-state index in [2.05, 4.69) is 0 Å². The van der Waals surface area contributed by atoms with Crippen molar-refractivity contribution in [3.05, 3.63) is 0 Å². The standard InChI is InChI=1S/C13H22O4S/c1-18(15,16)12-6-2-4-10(8-12)13(14)11-5-3-7-17-9-11/h10-12H,2-9H2,1H3. The lowest BCUT2D eigenvalue weighted by atomic mass is 9.80. The summed E-state index contributed by atoms with van der Waals surface area (Å²) in [6.07, 6.45) is 6.06. The van der Waals surface area contributed by atoms with Crippen LogP contribution in [0.5, 0.6) is 0 Å². The number of ketones is 1. The zero-order chi connectivity index (χ0) is 13.2. The quantitative estimate of drug-likeness (QED) is 0.784. The van der Waals surface area contributed by atoms with Gasteiger partial charge < -0.3 is 4.74 Å². The molecular weight excluding hydrogens is 252 g/mol. The molecule has 2 fully saturated rings. The van der Waals surface area contributed by atoms with Crippen LogP contribution in [0.15, 0.2) is 0 Å². The molecule has 1 saturated carbocycles. The molecule has 0 radical (unpaired) electrons. The smallest absolute Gasteiger partial charge is 0.150 e. The normalized spacial score (nSPS) is 34.2. The number of Topliss-reactive ketones (excluding diaryl/α,β-unsaturated/α-hetero) is 1. The maximum atomic E-state index is 12.4. The number of carbonyl (C=O) groups is 1. The van der Waals surface area contributed by atoms with E-state index in [-0.39, 0.29) is 22.9 Å². The van der Waals surface area contributed by atoms with Crippen molar-refractivity contribution in [3.63, 3.8) is 0 Å². The van der Waals surface area contributed by atoms with E-state index in [4.69, 9.17) is 4.74 Å². The van der Waals surface area contributed by atoms with Crippen LogP contribution >= 0.6 is 0 Å². The molecule has 0 aromatic carbocycles.